The van der Waals surface area contributed by atoms with E-state index in [2.05, 4.69) is 0 Å². The maximum Gasteiger partial charge on any atom is 0.0555 e. The second-order valence-electron chi connectivity index (χ2n) is 2.23. The van der Waals surface area contributed by atoms with Gasteiger partial charge < -0.3 is 10.8 Å². The van der Waals surface area contributed by atoms with Crippen LogP contribution < -0.4 is 5.73 Å². The third-order valence-corrected chi connectivity index (χ3v) is 1.45. The standard InChI is InChI=1S/C5H11NO.ClH/c6-4-1-2-5(7)3-4;/h4-5,7H,1-3,6H2;1H/t4?,5-;/m1./s1. The molecule has 0 heterocycles. The molecule has 1 aliphatic carbocycles. The normalized spacial score (nSPS) is 36.8. The number of nitrogens with two attached hydrogens (primary N) is 1. The molecule has 1 fully saturated rings. The molecule has 3 heteroatoms. The molecule has 1 saturated carbocycles. The van der Waals surface area contributed by atoms with Crippen molar-refractivity contribution >= 4 is 12.4 Å². The van der Waals surface area contributed by atoms with Crippen molar-refractivity contribution in [2.24, 2.45) is 5.73 Å². The maximum absolute atomic E-state index is 8.82. The van der Waals surface area contributed by atoms with Gasteiger partial charge in [-0.15, -0.1) is 12.4 Å². The molecule has 1 unspecified atom stereocenters. The number of hydrogen-bond acceptors (Lipinski definition) is 2. The third kappa shape index (κ3) is 1.99. The molecule has 0 aliphatic heterocycles. The van der Waals surface area contributed by atoms with Gasteiger partial charge in [-0.2, -0.15) is 0 Å². The van der Waals surface area contributed by atoms with E-state index in [0.717, 1.165) is 19.3 Å². The van der Waals surface area contributed by atoms with Gasteiger partial charge in [-0.05, 0) is 19.3 Å². The third-order valence-electron chi connectivity index (χ3n) is 1.45. The van der Waals surface area contributed by atoms with Gasteiger partial charge in [0.1, 0.15) is 0 Å². The molecule has 0 aromatic rings. The summed E-state index contributed by atoms with van der Waals surface area (Å²) in [6.07, 6.45) is 2.61. The summed E-state index contributed by atoms with van der Waals surface area (Å²) in [5.41, 5.74) is 5.47. The Balaban J connectivity index is 0.000000490. The van der Waals surface area contributed by atoms with E-state index in [1.807, 2.05) is 0 Å². The van der Waals surface area contributed by atoms with E-state index < -0.39 is 0 Å². The molecule has 2 atom stereocenters. The average Bonchev–Trinajstić information content (AvgIpc) is 1.87. The summed E-state index contributed by atoms with van der Waals surface area (Å²) >= 11 is 0. The molecule has 0 aromatic heterocycles. The van der Waals surface area contributed by atoms with E-state index in [1.54, 1.807) is 0 Å². The van der Waals surface area contributed by atoms with Gasteiger partial charge in [-0.3, -0.25) is 0 Å². The molecule has 0 saturated heterocycles. The monoisotopic (exact) mass is 137 g/mol. The van der Waals surface area contributed by atoms with Gasteiger partial charge in [0.25, 0.3) is 0 Å². The van der Waals surface area contributed by atoms with Crippen molar-refractivity contribution in [2.45, 2.75) is 31.4 Å². The van der Waals surface area contributed by atoms with Gasteiger partial charge in [-0.1, -0.05) is 0 Å². The minimum Gasteiger partial charge on any atom is -0.393 e. The Morgan fingerprint density at radius 3 is 2.12 bits per heavy atom. The number of halogens is 1. The first-order valence-corrected chi connectivity index (χ1v) is 2.72. The minimum absolute atomic E-state index is 0. The zero-order valence-electron chi connectivity index (χ0n) is 4.71. The molecule has 50 valence electrons. The molecular weight excluding hydrogens is 126 g/mol. The molecule has 1 aliphatic rings. The second-order valence-corrected chi connectivity index (χ2v) is 2.23. The minimum atomic E-state index is -0.102. The topological polar surface area (TPSA) is 46.2 Å². The van der Waals surface area contributed by atoms with E-state index in [9.17, 15) is 0 Å². The fourth-order valence-electron chi connectivity index (χ4n) is 0.992. The molecule has 0 radical (unpaired) electrons. The quantitative estimate of drug-likeness (QED) is 0.504. The maximum atomic E-state index is 8.82. The molecule has 1 rings (SSSR count). The summed E-state index contributed by atoms with van der Waals surface area (Å²) in [7, 11) is 0. The Labute approximate surface area is 55.5 Å². The number of aliphatic hydroxyl groups is 1. The van der Waals surface area contributed by atoms with Crippen LogP contribution in [0, 0.1) is 0 Å². The average molecular weight is 138 g/mol. The fourth-order valence-corrected chi connectivity index (χ4v) is 0.992. The predicted molar refractivity (Wildman–Crippen MR) is 35.1 cm³/mol. The molecule has 2 nitrogen and oxygen atoms in total. The predicted octanol–water partition coefficient (Wildman–Crippen LogP) is 0.280. The van der Waals surface area contributed by atoms with Crippen molar-refractivity contribution in [1.29, 1.82) is 0 Å². The lowest BCUT2D eigenvalue weighted by atomic mass is 10.3. The highest BCUT2D eigenvalue weighted by Gasteiger charge is 2.18. The Hall–Kier alpha value is 0.210. The number of aliphatic hydroxyl groups excluding tert-OH is 1. The lowest BCUT2D eigenvalue weighted by Crippen LogP contribution is -2.15. The Kier molecular flexibility index (Phi) is 3.36. The van der Waals surface area contributed by atoms with E-state index in [0.29, 0.717) is 0 Å². The molecule has 3 N–H and O–H groups in total. The second kappa shape index (κ2) is 3.28. The van der Waals surface area contributed by atoms with Crippen LogP contribution >= 0.6 is 12.4 Å². The summed E-state index contributed by atoms with van der Waals surface area (Å²) in [6.45, 7) is 0. The van der Waals surface area contributed by atoms with Crippen molar-refractivity contribution in [3.63, 3.8) is 0 Å². The van der Waals surface area contributed by atoms with Gasteiger partial charge in [0, 0.05) is 6.04 Å². The van der Waals surface area contributed by atoms with Crippen molar-refractivity contribution in [1.82, 2.24) is 0 Å². The van der Waals surface area contributed by atoms with Crippen molar-refractivity contribution in [2.75, 3.05) is 0 Å². The van der Waals surface area contributed by atoms with Crippen molar-refractivity contribution < 1.29 is 5.11 Å². The zero-order chi connectivity index (χ0) is 5.28. The zero-order valence-corrected chi connectivity index (χ0v) is 5.53. The first-order chi connectivity index (χ1) is 3.29. The van der Waals surface area contributed by atoms with Crippen LogP contribution in [0.3, 0.4) is 0 Å². The summed E-state index contributed by atoms with van der Waals surface area (Å²) in [4.78, 5) is 0. The van der Waals surface area contributed by atoms with Crippen LogP contribution in [0.5, 0.6) is 0 Å². The van der Waals surface area contributed by atoms with Gasteiger partial charge >= 0.3 is 0 Å². The molecule has 0 aromatic carbocycles. The van der Waals surface area contributed by atoms with Gasteiger partial charge in [0.2, 0.25) is 0 Å². The largest absolute Gasteiger partial charge is 0.393 e. The lowest BCUT2D eigenvalue weighted by Gasteiger charge is -1.96. The molecule has 8 heavy (non-hydrogen) atoms. The van der Waals surface area contributed by atoms with Crippen LogP contribution in [0.15, 0.2) is 0 Å². The van der Waals surface area contributed by atoms with E-state index in [-0.39, 0.29) is 24.6 Å². The Morgan fingerprint density at radius 1 is 1.38 bits per heavy atom. The summed E-state index contributed by atoms with van der Waals surface area (Å²) in [6, 6.07) is 0.273. The number of hydrogen-bond donors (Lipinski definition) is 2. The lowest BCUT2D eigenvalue weighted by molar-refractivity contribution is 0.181. The first kappa shape index (κ1) is 8.21. The highest BCUT2D eigenvalue weighted by atomic mass is 35.5. The smallest absolute Gasteiger partial charge is 0.0555 e. The van der Waals surface area contributed by atoms with E-state index in [4.69, 9.17) is 10.8 Å². The highest BCUT2D eigenvalue weighted by molar-refractivity contribution is 5.85. The van der Waals surface area contributed by atoms with Crippen LogP contribution in [0.2, 0.25) is 0 Å². The molecule has 0 spiro atoms. The molecular formula is C5H12ClNO. The van der Waals surface area contributed by atoms with Crippen molar-refractivity contribution in [3.05, 3.63) is 0 Å². The highest BCUT2D eigenvalue weighted by Crippen LogP contribution is 2.15. The van der Waals surface area contributed by atoms with Crippen molar-refractivity contribution in [3.8, 4) is 0 Å². The Morgan fingerprint density at radius 2 is 2.00 bits per heavy atom. The summed E-state index contributed by atoms with van der Waals surface area (Å²) in [5, 5.41) is 8.82. The number of rotatable bonds is 0. The van der Waals surface area contributed by atoms with Gasteiger partial charge in [0.15, 0.2) is 0 Å². The van der Waals surface area contributed by atoms with Crippen LogP contribution in [-0.2, 0) is 0 Å². The first-order valence-electron chi connectivity index (χ1n) is 2.72. The van der Waals surface area contributed by atoms with Crippen LogP contribution in [-0.4, -0.2) is 17.3 Å². The summed E-state index contributed by atoms with van der Waals surface area (Å²) < 4.78 is 0. The molecule has 0 amide bonds. The van der Waals surface area contributed by atoms with Gasteiger partial charge in [-0.25, -0.2) is 0 Å². The van der Waals surface area contributed by atoms with Crippen LogP contribution in [0.1, 0.15) is 19.3 Å². The van der Waals surface area contributed by atoms with Gasteiger partial charge in [0.05, 0.1) is 6.10 Å². The van der Waals surface area contributed by atoms with Crippen LogP contribution in [0.4, 0.5) is 0 Å². The molecule has 0 bridgehead atoms. The van der Waals surface area contributed by atoms with E-state index in [1.165, 1.54) is 0 Å². The Bertz CT molecular complexity index is 61.4. The summed E-state index contributed by atoms with van der Waals surface area (Å²) in [5.74, 6) is 0. The SMILES string of the molecule is Cl.NC1CC[C@@H](O)C1. The van der Waals surface area contributed by atoms with E-state index >= 15 is 0 Å². The fraction of sp³-hybridized carbons (Fsp3) is 1.00. The van der Waals surface area contributed by atoms with Crippen LogP contribution in [0.25, 0.3) is 0 Å².